The molecule has 32 heavy (non-hydrogen) atoms. The van der Waals surface area contributed by atoms with Gasteiger partial charge in [0.25, 0.3) is 0 Å². The van der Waals surface area contributed by atoms with Crippen molar-refractivity contribution < 1.29 is 22.4 Å². The molecule has 2 aliphatic rings. The summed E-state index contributed by atoms with van der Waals surface area (Å²) in [5.74, 6) is -1.56. The maximum absolute atomic E-state index is 13.8. The van der Waals surface area contributed by atoms with Crippen molar-refractivity contribution in [2.24, 2.45) is 17.3 Å². The number of nitrogens with zero attached hydrogens (tertiary/aromatic N) is 2. The Morgan fingerprint density at radius 3 is 2.41 bits per heavy atom. The molecule has 0 N–H and O–H groups in total. The fourth-order valence-electron chi connectivity index (χ4n) is 5.52. The molecule has 0 bridgehead atoms. The molecule has 2 heterocycles. The highest BCUT2D eigenvalue weighted by atomic mass is 19.4. The molecule has 0 radical (unpaired) electrons. The Morgan fingerprint density at radius 2 is 1.78 bits per heavy atom. The predicted molar refractivity (Wildman–Crippen MR) is 116 cm³/mol. The normalized spacial score (nSPS) is 26.3. The Kier molecular flexibility index (Phi) is 6.21. The average Bonchev–Trinajstić information content (AvgIpc) is 2.78. The Morgan fingerprint density at radius 1 is 1.12 bits per heavy atom. The van der Waals surface area contributed by atoms with Crippen LogP contribution >= 0.6 is 0 Å². The molecular weight excluding hydrogens is 420 g/mol. The van der Waals surface area contributed by atoms with Crippen LogP contribution in [0.15, 0.2) is 30.5 Å². The molecule has 2 aromatic rings. The van der Waals surface area contributed by atoms with E-state index in [9.17, 15) is 22.4 Å². The molecule has 1 amide bonds. The van der Waals surface area contributed by atoms with Gasteiger partial charge in [-0.25, -0.2) is 4.39 Å². The van der Waals surface area contributed by atoms with Crippen molar-refractivity contribution >= 4 is 16.8 Å². The van der Waals surface area contributed by atoms with E-state index < -0.39 is 12.1 Å². The van der Waals surface area contributed by atoms with Gasteiger partial charge in [0.1, 0.15) is 5.82 Å². The Bertz CT molecular complexity index is 974. The second kappa shape index (κ2) is 8.64. The molecule has 0 unspecified atom stereocenters. The molecule has 1 saturated heterocycles. The molecule has 1 aliphatic heterocycles. The molecule has 1 aliphatic carbocycles. The second-order valence-corrected chi connectivity index (χ2v) is 9.85. The number of halogens is 4. The van der Waals surface area contributed by atoms with Crippen molar-refractivity contribution in [3.63, 3.8) is 0 Å². The molecule has 0 spiro atoms. The van der Waals surface area contributed by atoms with Crippen LogP contribution in [0.5, 0.6) is 0 Å². The van der Waals surface area contributed by atoms with Gasteiger partial charge in [0, 0.05) is 30.6 Å². The number of alkyl halides is 3. The van der Waals surface area contributed by atoms with Crippen molar-refractivity contribution in [2.45, 2.75) is 64.5 Å². The molecule has 1 saturated carbocycles. The van der Waals surface area contributed by atoms with Gasteiger partial charge in [-0.15, -0.1) is 0 Å². The number of amides is 1. The van der Waals surface area contributed by atoms with Gasteiger partial charge in [0.15, 0.2) is 0 Å². The van der Waals surface area contributed by atoms with Crippen molar-refractivity contribution in [3.05, 3.63) is 41.8 Å². The zero-order valence-corrected chi connectivity index (χ0v) is 18.6. The minimum atomic E-state index is -4.18. The smallest absolute Gasteiger partial charge is 0.342 e. The molecule has 1 aromatic carbocycles. The number of likely N-dealkylation sites (tertiary alicyclic amines) is 1. The van der Waals surface area contributed by atoms with E-state index in [1.807, 2.05) is 13.0 Å². The zero-order chi connectivity index (χ0) is 23.1. The summed E-state index contributed by atoms with van der Waals surface area (Å²) in [4.78, 5) is 19.1. The van der Waals surface area contributed by atoms with Gasteiger partial charge >= 0.3 is 6.18 Å². The molecular formula is C25H30F4N2O. The van der Waals surface area contributed by atoms with E-state index in [1.165, 1.54) is 6.07 Å². The molecule has 7 heteroatoms. The first-order valence-corrected chi connectivity index (χ1v) is 11.5. The highest BCUT2D eigenvalue weighted by molar-refractivity contribution is 5.82. The van der Waals surface area contributed by atoms with Crippen LogP contribution in [-0.4, -0.2) is 35.1 Å². The predicted octanol–water partition coefficient (Wildman–Crippen LogP) is 6.47. The number of pyridine rings is 1. The molecule has 4 rings (SSSR count). The first kappa shape index (κ1) is 23.0. The van der Waals surface area contributed by atoms with Gasteiger partial charge in [0.05, 0.1) is 11.4 Å². The number of hydrogen-bond acceptors (Lipinski definition) is 2. The van der Waals surface area contributed by atoms with Crippen LogP contribution in [0.1, 0.15) is 63.9 Å². The van der Waals surface area contributed by atoms with E-state index in [1.54, 1.807) is 23.2 Å². The van der Waals surface area contributed by atoms with E-state index in [-0.39, 0.29) is 54.9 Å². The number of carbonyl (C=O) groups is 1. The molecule has 1 aromatic heterocycles. The van der Waals surface area contributed by atoms with Crippen LogP contribution in [0.2, 0.25) is 0 Å². The highest BCUT2D eigenvalue weighted by Gasteiger charge is 2.45. The Labute approximate surface area is 186 Å². The van der Waals surface area contributed by atoms with Crippen LogP contribution in [0.4, 0.5) is 17.6 Å². The fourth-order valence-corrected chi connectivity index (χ4v) is 5.52. The van der Waals surface area contributed by atoms with Crippen LogP contribution in [0, 0.1) is 23.1 Å². The second-order valence-electron chi connectivity index (χ2n) is 9.85. The summed E-state index contributed by atoms with van der Waals surface area (Å²) in [6, 6.07) is 6.63. The summed E-state index contributed by atoms with van der Waals surface area (Å²) in [7, 11) is 0. The van der Waals surface area contributed by atoms with E-state index in [0.717, 1.165) is 42.1 Å². The number of aromatic nitrogens is 1. The van der Waals surface area contributed by atoms with Gasteiger partial charge in [0.2, 0.25) is 5.91 Å². The Hall–Kier alpha value is -2.18. The number of benzene rings is 1. The van der Waals surface area contributed by atoms with E-state index in [2.05, 4.69) is 11.9 Å². The standard InChI is InChI=1S/C25H30F4N2O/c1-16(23(32)31-13-8-18(9-14-31)25(27,28)29)24(2)10-5-17(6-11-24)20-7-12-30-22-4-3-19(26)15-21(20)22/h3-4,7,12,15-18H,5-6,8-11,13-14H2,1-2H3/t16-,17-,24+/m1/s1. The lowest BCUT2D eigenvalue weighted by Crippen LogP contribution is -2.47. The monoisotopic (exact) mass is 450 g/mol. The summed E-state index contributed by atoms with van der Waals surface area (Å²) in [5, 5.41) is 0.845. The minimum Gasteiger partial charge on any atom is -0.342 e. The van der Waals surface area contributed by atoms with Gasteiger partial charge < -0.3 is 4.90 Å². The van der Waals surface area contributed by atoms with Crippen LogP contribution in [-0.2, 0) is 4.79 Å². The van der Waals surface area contributed by atoms with Crippen LogP contribution in [0.3, 0.4) is 0 Å². The van der Waals surface area contributed by atoms with Gasteiger partial charge in [-0.3, -0.25) is 9.78 Å². The van der Waals surface area contributed by atoms with E-state index in [0.29, 0.717) is 0 Å². The third kappa shape index (κ3) is 4.48. The van der Waals surface area contributed by atoms with Crippen molar-refractivity contribution in [2.75, 3.05) is 13.1 Å². The highest BCUT2D eigenvalue weighted by Crippen LogP contribution is 2.48. The Balaban J connectivity index is 1.41. The van der Waals surface area contributed by atoms with Gasteiger partial charge in [-0.2, -0.15) is 13.2 Å². The lowest BCUT2D eigenvalue weighted by Gasteiger charge is -2.44. The summed E-state index contributed by atoms with van der Waals surface area (Å²) < 4.78 is 52.7. The summed E-state index contributed by atoms with van der Waals surface area (Å²) >= 11 is 0. The van der Waals surface area contributed by atoms with Crippen LogP contribution in [0.25, 0.3) is 10.9 Å². The average molecular weight is 451 g/mol. The number of hydrogen-bond donors (Lipinski definition) is 0. The number of carbonyl (C=O) groups excluding carboxylic acids is 1. The number of fused-ring (bicyclic) bond motifs is 1. The van der Waals surface area contributed by atoms with Crippen molar-refractivity contribution in [1.82, 2.24) is 9.88 Å². The molecule has 1 atom stereocenters. The summed E-state index contributed by atoms with van der Waals surface area (Å²) in [6.45, 7) is 4.41. The minimum absolute atomic E-state index is 0.00751. The SMILES string of the molecule is C[C@H](C(=O)N1CCC(C(F)(F)F)CC1)[C@]1(C)CC[C@H](c2ccnc3ccc(F)cc32)CC1. The van der Waals surface area contributed by atoms with Crippen molar-refractivity contribution in [1.29, 1.82) is 0 Å². The van der Waals surface area contributed by atoms with Gasteiger partial charge in [-0.1, -0.05) is 13.8 Å². The summed E-state index contributed by atoms with van der Waals surface area (Å²) in [5.41, 5.74) is 1.69. The van der Waals surface area contributed by atoms with E-state index >= 15 is 0 Å². The maximum atomic E-state index is 13.8. The third-order valence-electron chi connectivity index (χ3n) is 7.99. The first-order valence-electron chi connectivity index (χ1n) is 11.5. The largest absolute Gasteiger partial charge is 0.391 e. The van der Waals surface area contributed by atoms with Crippen molar-refractivity contribution in [3.8, 4) is 0 Å². The maximum Gasteiger partial charge on any atom is 0.391 e. The number of rotatable bonds is 3. The van der Waals surface area contributed by atoms with E-state index in [4.69, 9.17) is 0 Å². The van der Waals surface area contributed by atoms with Crippen LogP contribution < -0.4 is 0 Å². The summed E-state index contributed by atoms with van der Waals surface area (Å²) in [6.07, 6.45) is 1.05. The quantitative estimate of drug-likeness (QED) is 0.502. The third-order valence-corrected chi connectivity index (χ3v) is 7.99. The van der Waals surface area contributed by atoms with Gasteiger partial charge in [-0.05, 0) is 79.7 Å². The zero-order valence-electron chi connectivity index (χ0n) is 18.6. The molecule has 3 nitrogen and oxygen atoms in total. The number of piperidine rings is 1. The fraction of sp³-hybridized carbons (Fsp3) is 0.600. The lowest BCUT2D eigenvalue weighted by atomic mass is 9.63. The lowest BCUT2D eigenvalue weighted by molar-refractivity contribution is -0.187. The molecule has 174 valence electrons. The first-order chi connectivity index (χ1) is 15.1. The topological polar surface area (TPSA) is 33.2 Å². The molecule has 2 fully saturated rings.